The number of hydrazine groups is 1. The smallest absolute Gasteiger partial charge is 0.271 e. The molecule has 2 aromatic rings. The Balaban J connectivity index is 1.65. The van der Waals surface area contributed by atoms with Crippen LogP contribution < -0.4 is 20.9 Å². The van der Waals surface area contributed by atoms with Crippen molar-refractivity contribution in [1.82, 2.24) is 26.1 Å². The van der Waals surface area contributed by atoms with Crippen LogP contribution in [0.2, 0.25) is 0 Å². The minimum Gasteiger partial charge on any atom is -0.496 e. The Morgan fingerprint density at radius 3 is 2.91 bits per heavy atom. The molecule has 2 unspecified atom stereocenters. The minimum absolute atomic E-state index is 0.0589. The Kier molecular flexibility index (Phi) is 4.50. The molecule has 3 N–H and O–H groups in total. The third-order valence-corrected chi connectivity index (χ3v) is 3.73. The monoisotopic (exact) mass is 313 g/mol. The van der Waals surface area contributed by atoms with Crippen LogP contribution in [0.25, 0.3) is 0 Å². The maximum atomic E-state index is 12.2. The fraction of sp³-hybridized carbons (Fsp3) is 0.312. The molecule has 120 valence electrons. The van der Waals surface area contributed by atoms with Crippen molar-refractivity contribution in [3.63, 3.8) is 0 Å². The second-order valence-electron chi connectivity index (χ2n) is 5.33. The predicted octanol–water partition coefficient (Wildman–Crippen LogP) is 1.09. The Morgan fingerprint density at radius 1 is 1.30 bits per heavy atom. The SMILES string of the molecule is COc1ccccc1C1CC(NC(=O)c2ccnc(C)n2)NN1. The Labute approximate surface area is 134 Å². The van der Waals surface area contributed by atoms with E-state index in [2.05, 4.69) is 26.1 Å². The number of hydrogen-bond donors (Lipinski definition) is 3. The van der Waals surface area contributed by atoms with Gasteiger partial charge in [-0.05, 0) is 19.1 Å². The zero-order valence-electron chi connectivity index (χ0n) is 13.0. The Bertz CT molecular complexity index is 706. The predicted molar refractivity (Wildman–Crippen MR) is 84.6 cm³/mol. The molecule has 1 aliphatic heterocycles. The van der Waals surface area contributed by atoms with E-state index in [4.69, 9.17) is 4.74 Å². The number of aromatic nitrogens is 2. The lowest BCUT2D eigenvalue weighted by atomic mass is 10.0. The Hall–Kier alpha value is -2.51. The fourth-order valence-corrected chi connectivity index (χ4v) is 2.62. The molecule has 1 fully saturated rings. The molecule has 1 saturated heterocycles. The number of para-hydroxylation sites is 1. The summed E-state index contributed by atoms with van der Waals surface area (Å²) in [6, 6.07) is 9.49. The number of rotatable bonds is 4. The number of aryl methyl sites for hydroxylation is 1. The van der Waals surface area contributed by atoms with E-state index >= 15 is 0 Å². The zero-order valence-corrected chi connectivity index (χ0v) is 13.0. The summed E-state index contributed by atoms with van der Waals surface area (Å²) in [5.41, 5.74) is 7.69. The zero-order chi connectivity index (χ0) is 16.2. The van der Waals surface area contributed by atoms with Crippen LogP contribution in [0.3, 0.4) is 0 Å². The van der Waals surface area contributed by atoms with Gasteiger partial charge in [-0.2, -0.15) is 0 Å². The maximum Gasteiger partial charge on any atom is 0.271 e. The number of carbonyl (C=O) groups is 1. The molecule has 0 saturated carbocycles. The van der Waals surface area contributed by atoms with Gasteiger partial charge in [0.15, 0.2) is 0 Å². The largest absolute Gasteiger partial charge is 0.496 e. The van der Waals surface area contributed by atoms with Crippen LogP contribution in [0.4, 0.5) is 0 Å². The fourth-order valence-electron chi connectivity index (χ4n) is 2.62. The second-order valence-corrected chi connectivity index (χ2v) is 5.33. The van der Waals surface area contributed by atoms with Gasteiger partial charge in [0, 0.05) is 18.2 Å². The van der Waals surface area contributed by atoms with Gasteiger partial charge < -0.3 is 10.1 Å². The van der Waals surface area contributed by atoms with Crippen LogP contribution in [-0.4, -0.2) is 29.2 Å². The number of hydrogen-bond acceptors (Lipinski definition) is 6. The molecule has 1 aromatic carbocycles. The van der Waals surface area contributed by atoms with Gasteiger partial charge in [0.25, 0.3) is 5.91 Å². The van der Waals surface area contributed by atoms with Gasteiger partial charge in [-0.25, -0.2) is 20.8 Å². The number of carbonyl (C=O) groups excluding carboxylic acids is 1. The van der Waals surface area contributed by atoms with Gasteiger partial charge >= 0.3 is 0 Å². The van der Waals surface area contributed by atoms with Crippen molar-refractivity contribution in [2.45, 2.75) is 25.6 Å². The molecule has 1 aliphatic rings. The highest BCUT2D eigenvalue weighted by Gasteiger charge is 2.28. The highest BCUT2D eigenvalue weighted by molar-refractivity contribution is 5.92. The van der Waals surface area contributed by atoms with Crippen LogP contribution in [0.15, 0.2) is 36.5 Å². The van der Waals surface area contributed by atoms with E-state index in [1.807, 2.05) is 24.3 Å². The molecule has 3 rings (SSSR count). The highest BCUT2D eigenvalue weighted by Crippen LogP contribution is 2.29. The van der Waals surface area contributed by atoms with E-state index in [1.54, 1.807) is 26.3 Å². The summed E-state index contributed by atoms with van der Waals surface area (Å²) in [5.74, 6) is 1.17. The normalized spacial score (nSPS) is 20.3. The lowest BCUT2D eigenvalue weighted by Crippen LogP contribution is -2.44. The molecule has 0 spiro atoms. The number of nitrogens with one attached hydrogen (secondary N) is 3. The lowest BCUT2D eigenvalue weighted by Gasteiger charge is -2.14. The van der Waals surface area contributed by atoms with Crippen LogP contribution in [0.5, 0.6) is 5.75 Å². The van der Waals surface area contributed by atoms with Crippen molar-refractivity contribution in [1.29, 1.82) is 0 Å². The van der Waals surface area contributed by atoms with E-state index in [1.165, 1.54) is 0 Å². The number of methoxy groups -OCH3 is 1. The first-order chi connectivity index (χ1) is 11.2. The van der Waals surface area contributed by atoms with Crippen LogP contribution in [0.1, 0.15) is 34.3 Å². The van der Waals surface area contributed by atoms with Crippen LogP contribution in [0, 0.1) is 6.92 Å². The molecular formula is C16H19N5O2. The molecule has 1 amide bonds. The average molecular weight is 313 g/mol. The topological polar surface area (TPSA) is 88.2 Å². The molecule has 2 atom stereocenters. The van der Waals surface area contributed by atoms with E-state index in [0.717, 1.165) is 11.3 Å². The molecule has 23 heavy (non-hydrogen) atoms. The molecule has 7 heteroatoms. The van der Waals surface area contributed by atoms with Gasteiger partial charge in [0.2, 0.25) is 0 Å². The first-order valence-corrected chi connectivity index (χ1v) is 7.42. The standard InChI is InChI=1S/C16H19N5O2/c1-10-17-8-7-12(18-10)16(22)19-15-9-13(20-21-15)11-5-3-4-6-14(11)23-2/h3-8,13,15,20-21H,9H2,1-2H3,(H,19,22). The number of benzene rings is 1. The summed E-state index contributed by atoms with van der Waals surface area (Å²) in [7, 11) is 1.65. The third-order valence-electron chi connectivity index (χ3n) is 3.73. The van der Waals surface area contributed by atoms with Gasteiger partial charge in [0.1, 0.15) is 17.3 Å². The van der Waals surface area contributed by atoms with E-state index < -0.39 is 0 Å². The second kappa shape index (κ2) is 6.72. The quantitative estimate of drug-likeness (QED) is 0.783. The van der Waals surface area contributed by atoms with Gasteiger partial charge in [-0.1, -0.05) is 18.2 Å². The Morgan fingerprint density at radius 2 is 2.13 bits per heavy atom. The number of nitrogens with zero attached hydrogens (tertiary/aromatic N) is 2. The van der Waals surface area contributed by atoms with Crippen molar-refractivity contribution >= 4 is 5.91 Å². The molecule has 7 nitrogen and oxygen atoms in total. The van der Waals surface area contributed by atoms with E-state index in [0.29, 0.717) is 17.9 Å². The molecule has 0 aliphatic carbocycles. The van der Waals surface area contributed by atoms with Gasteiger partial charge in [-0.15, -0.1) is 0 Å². The van der Waals surface area contributed by atoms with Crippen molar-refractivity contribution in [2.24, 2.45) is 0 Å². The summed E-state index contributed by atoms with van der Waals surface area (Å²) >= 11 is 0. The number of ether oxygens (including phenoxy) is 1. The average Bonchev–Trinajstić information content (AvgIpc) is 3.03. The minimum atomic E-state index is -0.226. The van der Waals surface area contributed by atoms with Crippen molar-refractivity contribution in [2.75, 3.05) is 7.11 Å². The van der Waals surface area contributed by atoms with Crippen molar-refractivity contribution < 1.29 is 9.53 Å². The summed E-state index contributed by atoms with van der Waals surface area (Å²) in [5, 5.41) is 2.92. The molecule has 2 heterocycles. The molecular weight excluding hydrogens is 294 g/mol. The van der Waals surface area contributed by atoms with Crippen LogP contribution in [-0.2, 0) is 0 Å². The summed E-state index contributed by atoms with van der Waals surface area (Å²) in [4.78, 5) is 20.3. The summed E-state index contributed by atoms with van der Waals surface area (Å²) < 4.78 is 5.38. The molecule has 0 bridgehead atoms. The van der Waals surface area contributed by atoms with Gasteiger partial charge in [0.05, 0.1) is 19.3 Å². The van der Waals surface area contributed by atoms with Crippen molar-refractivity contribution in [3.05, 3.63) is 53.6 Å². The van der Waals surface area contributed by atoms with E-state index in [-0.39, 0.29) is 18.1 Å². The highest BCUT2D eigenvalue weighted by atomic mass is 16.5. The van der Waals surface area contributed by atoms with Crippen LogP contribution >= 0.6 is 0 Å². The first-order valence-electron chi connectivity index (χ1n) is 7.42. The summed E-state index contributed by atoms with van der Waals surface area (Å²) in [6.07, 6.45) is 2.10. The summed E-state index contributed by atoms with van der Waals surface area (Å²) in [6.45, 7) is 1.75. The maximum absolute atomic E-state index is 12.2. The van der Waals surface area contributed by atoms with Gasteiger partial charge in [-0.3, -0.25) is 4.79 Å². The molecule has 0 radical (unpaired) electrons. The molecule has 1 aromatic heterocycles. The first kappa shape index (κ1) is 15.4. The third kappa shape index (κ3) is 3.46. The number of amides is 1. The van der Waals surface area contributed by atoms with E-state index in [9.17, 15) is 4.79 Å². The lowest BCUT2D eigenvalue weighted by molar-refractivity contribution is 0.0927. The van der Waals surface area contributed by atoms with Crippen molar-refractivity contribution in [3.8, 4) is 5.75 Å².